The topological polar surface area (TPSA) is 51.2 Å². The Hall–Kier alpha value is -0.840. The molecule has 0 saturated heterocycles. The van der Waals surface area contributed by atoms with Gasteiger partial charge in [-0.05, 0) is 26.0 Å². The van der Waals surface area contributed by atoms with Gasteiger partial charge in [0.2, 0.25) is 0 Å². The van der Waals surface area contributed by atoms with Gasteiger partial charge in [-0.3, -0.25) is 4.79 Å². The molecule has 1 aromatic heterocycles. The molecule has 1 aromatic rings. The lowest BCUT2D eigenvalue weighted by molar-refractivity contribution is 0.0820. The second-order valence-electron chi connectivity index (χ2n) is 4.27. The maximum Gasteiger partial charge on any atom is 0.251 e. The molecule has 94 valence electrons. The van der Waals surface area contributed by atoms with E-state index >= 15 is 0 Å². The van der Waals surface area contributed by atoms with Crippen molar-refractivity contribution in [3.8, 4) is 0 Å². The summed E-state index contributed by atoms with van der Waals surface area (Å²) < 4.78 is 5.01. The summed E-state index contributed by atoms with van der Waals surface area (Å²) in [5, 5.41) is 3.19. The summed E-state index contributed by atoms with van der Waals surface area (Å²) in [5.74, 6) is -0.266. The van der Waals surface area contributed by atoms with Crippen molar-refractivity contribution >= 4 is 29.1 Å². The second-order valence-corrected chi connectivity index (χ2v) is 5.05. The monoisotopic (exact) mass is 276 g/mol. The summed E-state index contributed by atoms with van der Waals surface area (Å²) in [5.41, 5.74) is -0.0900. The highest BCUT2D eigenvalue weighted by Crippen LogP contribution is 2.15. The van der Waals surface area contributed by atoms with E-state index in [0.29, 0.717) is 12.2 Å². The van der Waals surface area contributed by atoms with Crippen LogP contribution < -0.4 is 5.32 Å². The van der Waals surface area contributed by atoms with E-state index in [1.165, 1.54) is 12.1 Å². The van der Waals surface area contributed by atoms with E-state index in [1.807, 2.05) is 13.8 Å². The molecule has 0 bridgehead atoms. The lowest BCUT2D eigenvalue weighted by Crippen LogP contribution is -2.46. The minimum absolute atomic E-state index is 0.187. The number of aromatic nitrogens is 1. The Morgan fingerprint density at radius 3 is 2.41 bits per heavy atom. The Kier molecular flexibility index (Phi) is 4.74. The molecule has 0 atom stereocenters. The number of ether oxygens (including phenoxy) is 1. The fraction of sp³-hybridized carbons (Fsp3) is 0.455. The van der Waals surface area contributed by atoms with Crippen LogP contribution in [0.3, 0.4) is 0 Å². The summed E-state index contributed by atoms with van der Waals surface area (Å²) in [7, 11) is 1.58. The maximum atomic E-state index is 11.9. The minimum Gasteiger partial charge on any atom is -0.382 e. The Bertz CT molecular complexity index is 402. The zero-order valence-electron chi connectivity index (χ0n) is 9.88. The van der Waals surface area contributed by atoms with Gasteiger partial charge < -0.3 is 10.1 Å². The van der Waals surface area contributed by atoms with E-state index in [0.717, 1.165) is 0 Å². The van der Waals surface area contributed by atoms with Gasteiger partial charge in [-0.2, -0.15) is 0 Å². The number of hydrogen-bond donors (Lipinski definition) is 1. The first kappa shape index (κ1) is 14.2. The number of nitrogens with one attached hydrogen (secondary N) is 1. The summed E-state index contributed by atoms with van der Waals surface area (Å²) in [4.78, 5) is 15.7. The van der Waals surface area contributed by atoms with E-state index < -0.39 is 5.54 Å². The van der Waals surface area contributed by atoms with Crippen LogP contribution in [-0.2, 0) is 4.74 Å². The van der Waals surface area contributed by atoms with Crippen molar-refractivity contribution in [2.24, 2.45) is 0 Å². The zero-order valence-corrected chi connectivity index (χ0v) is 11.4. The van der Waals surface area contributed by atoms with E-state index in [-0.39, 0.29) is 16.2 Å². The zero-order chi connectivity index (χ0) is 13.1. The number of amides is 1. The average molecular weight is 277 g/mol. The van der Waals surface area contributed by atoms with Gasteiger partial charge >= 0.3 is 0 Å². The number of methoxy groups -OCH3 is 1. The lowest BCUT2D eigenvalue weighted by atomic mass is 10.1. The van der Waals surface area contributed by atoms with Gasteiger partial charge in [0.25, 0.3) is 5.91 Å². The molecular weight excluding hydrogens is 263 g/mol. The molecule has 1 N–H and O–H groups in total. The normalized spacial score (nSPS) is 11.4. The molecule has 0 aromatic carbocycles. The van der Waals surface area contributed by atoms with Gasteiger partial charge in [0.05, 0.1) is 12.1 Å². The number of nitrogens with zero attached hydrogens (tertiary/aromatic N) is 1. The molecule has 4 nitrogen and oxygen atoms in total. The third-order valence-electron chi connectivity index (χ3n) is 1.98. The van der Waals surface area contributed by atoms with Crippen molar-refractivity contribution < 1.29 is 9.53 Å². The number of hydrogen-bond acceptors (Lipinski definition) is 3. The van der Waals surface area contributed by atoms with Crippen LogP contribution in [0.5, 0.6) is 0 Å². The van der Waals surface area contributed by atoms with Crippen molar-refractivity contribution in [1.29, 1.82) is 0 Å². The lowest BCUT2D eigenvalue weighted by Gasteiger charge is -2.25. The third-order valence-corrected chi connectivity index (χ3v) is 2.37. The number of halogens is 2. The van der Waals surface area contributed by atoms with Crippen LogP contribution in [-0.4, -0.2) is 30.1 Å². The van der Waals surface area contributed by atoms with E-state index in [4.69, 9.17) is 27.9 Å². The SMILES string of the molecule is COCC(C)(C)NC(=O)c1cc(Cl)nc(Cl)c1. The first-order valence-electron chi connectivity index (χ1n) is 4.98. The highest BCUT2D eigenvalue weighted by molar-refractivity contribution is 6.33. The molecule has 6 heteroatoms. The van der Waals surface area contributed by atoms with E-state index in [9.17, 15) is 4.79 Å². The molecular formula is C11H14Cl2N2O2. The van der Waals surface area contributed by atoms with Crippen molar-refractivity contribution in [3.63, 3.8) is 0 Å². The molecule has 0 aliphatic rings. The largest absolute Gasteiger partial charge is 0.382 e. The van der Waals surface area contributed by atoms with E-state index in [2.05, 4.69) is 10.3 Å². The van der Waals surface area contributed by atoms with Crippen LogP contribution in [0.25, 0.3) is 0 Å². The molecule has 0 radical (unpaired) electrons. The maximum absolute atomic E-state index is 11.9. The van der Waals surface area contributed by atoms with Crippen molar-refractivity contribution in [2.45, 2.75) is 19.4 Å². The quantitative estimate of drug-likeness (QED) is 0.860. The van der Waals surface area contributed by atoms with Crippen LogP contribution >= 0.6 is 23.2 Å². The van der Waals surface area contributed by atoms with Crippen LogP contribution in [0.1, 0.15) is 24.2 Å². The van der Waals surface area contributed by atoms with Crippen molar-refractivity contribution in [3.05, 3.63) is 28.0 Å². The van der Waals surface area contributed by atoms with Crippen LogP contribution in [0.2, 0.25) is 10.3 Å². The molecule has 0 spiro atoms. The number of carbonyl (C=O) groups is 1. The standard InChI is InChI=1S/C11H14Cl2N2O2/c1-11(2,6-17-3)15-10(16)7-4-8(12)14-9(13)5-7/h4-5H,6H2,1-3H3,(H,15,16). The molecule has 1 rings (SSSR count). The van der Waals surface area contributed by atoms with Crippen LogP contribution in [0.4, 0.5) is 0 Å². The van der Waals surface area contributed by atoms with Gasteiger partial charge in [0.15, 0.2) is 0 Å². The van der Waals surface area contributed by atoms with Crippen molar-refractivity contribution in [1.82, 2.24) is 10.3 Å². The first-order chi connectivity index (χ1) is 7.84. The highest BCUT2D eigenvalue weighted by Gasteiger charge is 2.21. The summed E-state index contributed by atoms with van der Waals surface area (Å²) in [6.45, 7) is 4.13. The smallest absolute Gasteiger partial charge is 0.251 e. The summed E-state index contributed by atoms with van der Waals surface area (Å²) in [6, 6.07) is 2.93. The van der Waals surface area contributed by atoms with Gasteiger partial charge in [0, 0.05) is 12.7 Å². The van der Waals surface area contributed by atoms with Crippen molar-refractivity contribution in [2.75, 3.05) is 13.7 Å². The summed E-state index contributed by atoms with van der Waals surface area (Å²) in [6.07, 6.45) is 0. The number of pyridine rings is 1. The number of carbonyl (C=O) groups excluding carboxylic acids is 1. The summed E-state index contributed by atoms with van der Waals surface area (Å²) >= 11 is 11.5. The molecule has 17 heavy (non-hydrogen) atoms. The molecule has 0 aliphatic carbocycles. The van der Waals surface area contributed by atoms with Crippen LogP contribution in [0.15, 0.2) is 12.1 Å². The fourth-order valence-corrected chi connectivity index (χ4v) is 1.83. The molecule has 0 aliphatic heterocycles. The molecule has 0 unspecified atom stereocenters. The third kappa shape index (κ3) is 4.50. The predicted octanol–water partition coefficient (Wildman–Crippen LogP) is 2.54. The molecule has 0 saturated carbocycles. The Labute approximate surface area is 110 Å². The Morgan fingerprint density at radius 2 is 1.94 bits per heavy atom. The predicted molar refractivity (Wildman–Crippen MR) is 67.7 cm³/mol. The second kappa shape index (κ2) is 5.67. The van der Waals surface area contributed by atoms with Gasteiger partial charge in [0.1, 0.15) is 10.3 Å². The fourth-order valence-electron chi connectivity index (χ4n) is 1.37. The van der Waals surface area contributed by atoms with Gasteiger partial charge in [-0.25, -0.2) is 4.98 Å². The van der Waals surface area contributed by atoms with E-state index in [1.54, 1.807) is 7.11 Å². The average Bonchev–Trinajstić information content (AvgIpc) is 2.14. The Morgan fingerprint density at radius 1 is 1.41 bits per heavy atom. The van der Waals surface area contributed by atoms with Crippen LogP contribution in [0, 0.1) is 0 Å². The van der Waals surface area contributed by atoms with Gasteiger partial charge in [-0.1, -0.05) is 23.2 Å². The number of rotatable bonds is 4. The highest BCUT2D eigenvalue weighted by atomic mass is 35.5. The minimum atomic E-state index is -0.464. The molecule has 1 amide bonds. The Balaban J connectivity index is 2.83. The molecule has 1 heterocycles. The first-order valence-corrected chi connectivity index (χ1v) is 5.74. The van der Waals surface area contributed by atoms with Gasteiger partial charge in [-0.15, -0.1) is 0 Å². The molecule has 0 fully saturated rings.